The Bertz CT molecular complexity index is 650. The fraction of sp³-hybridized carbons (Fsp3) is 0.333. The topological polar surface area (TPSA) is 102 Å². The van der Waals surface area contributed by atoms with Crippen LogP contribution in [0.25, 0.3) is 5.65 Å². The van der Waals surface area contributed by atoms with Gasteiger partial charge in [0.1, 0.15) is 0 Å². The Labute approximate surface area is 115 Å². The normalized spacial score (nSPS) is 10.8. The van der Waals surface area contributed by atoms with Crippen LogP contribution in [0.2, 0.25) is 0 Å². The Morgan fingerprint density at radius 1 is 1.50 bits per heavy atom. The molecular formula is C12H15N5O3. The summed E-state index contributed by atoms with van der Waals surface area (Å²) in [5.41, 5.74) is 0.450. The van der Waals surface area contributed by atoms with Crippen LogP contribution in [0.5, 0.6) is 0 Å². The zero-order chi connectivity index (χ0) is 14.7. The van der Waals surface area contributed by atoms with Crippen LogP contribution in [0.1, 0.15) is 13.8 Å². The van der Waals surface area contributed by atoms with Crippen LogP contribution in [-0.4, -0.2) is 32.8 Å². The lowest BCUT2D eigenvalue weighted by atomic mass is 10.4. The van der Waals surface area contributed by atoms with Gasteiger partial charge in [-0.3, -0.25) is 4.79 Å². The monoisotopic (exact) mass is 277 g/mol. The molecule has 0 aliphatic heterocycles. The molecule has 2 aromatic heterocycles. The predicted octanol–water partition coefficient (Wildman–Crippen LogP) is 1.18. The van der Waals surface area contributed by atoms with Crippen molar-refractivity contribution in [1.82, 2.24) is 14.7 Å². The minimum Gasteiger partial charge on any atom is -0.358 e. The SMILES string of the molecule is CC(C)NC(=O)CNc1nc2ccccn2c1[N+](=O)[O-]. The van der Waals surface area contributed by atoms with Gasteiger partial charge < -0.3 is 20.7 Å². The summed E-state index contributed by atoms with van der Waals surface area (Å²) in [4.78, 5) is 26.3. The maximum Gasteiger partial charge on any atom is 0.372 e. The van der Waals surface area contributed by atoms with Crippen molar-refractivity contribution < 1.29 is 9.72 Å². The molecule has 20 heavy (non-hydrogen) atoms. The van der Waals surface area contributed by atoms with E-state index in [1.54, 1.807) is 24.4 Å². The molecule has 0 aliphatic rings. The lowest BCUT2D eigenvalue weighted by Gasteiger charge is -2.08. The molecule has 1 amide bonds. The molecule has 0 saturated carbocycles. The number of imidazole rings is 1. The highest BCUT2D eigenvalue weighted by Crippen LogP contribution is 2.24. The Morgan fingerprint density at radius 3 is 2.90 bits per heavy atom. The smallest absolute Gasteiger partial charge is 0.358 e. The molecule has 0 unspecified atom stereocenters. The number of carbonyl (C=O) groups excluding carboxylic acids is 1. The third-order valence-corrected chi connectivity index (χ3v) is 2.54. The lowest BCUT2D eigenvalue weighted by Crippen LogP contribution is -2.34. The molecule has 0 saturated heterocycles. The lowest BCUT2D eigenvalue weighted by molar-refractivity contribution is -0.389. The fourth-order valence-corrected chi connectivity index (χ4v) is 1.81. The van der Waals surface area contributed by atoms with E-state index in [0.29, 0.717) is 5.65 Å². The third kappa shape index (κ3) is 2.85. The molecule has 2 heterocycles. The predicted molar refractivity (Wildman–Crippen MR) is 73.6 cm³/mol. The van der Waals surface area contributed by atoms with Gasteiger partial charge in [-0.05, 0) is 24.8 Å². The van der Waals surface area contributed by atoms with Gasteiger partial charge in [0.25, 0.3) is 0 Å². The highest BCUT2D eigenvalue weighted by atomic mass is 16.6. The number of amides is 1. The Morgan fingerprint density at radius 2 is 2.25 bits per heavy atom. The van der Waals surface area contributed by atoms with Crippen LogP contribution in [0, 0.1) is 10.1 Å². The zero-order valence-electron chi connectivity index (χ0n) is 11.2. The minimum absolute atomic E-state index is 0.0142. The van der Waals surface area contributed by atoms with Gasteiger partial charge in [-0.15, -0.1) is 0 Å². The maximum absolute atomic E-state index is 11.5. The van der Waals surface area contributed by atoms with Gasteiger partial charge in [-0.2, -0.15) is 9.38 Å². The Kier molecular flexibility index (Phi) is 3.83. The molecule has 2 rings (SSSR count). The van der Waals surface area contributed by atoms with E-state index in [1.807, 2.05) is 13.8 Å². The molecule has 0 atom stereocenters. The Hall–Kier alpha value is -2.64. The highest BCUT2D eigenvalue weighted by Gasteiger charge is 2.22. The minimum atomic E-state index is -0.525. The van der Waals surface area contributed by atoms with E-state index < -0.39 is 4.92 Å². The second-order valence-corrected chi connectivity index (χ2v) is 4.55. The first kappa shape index (κ1) is 13.8. The van der Waals surface area contributed by atoms with Crippen LogP contribution >= 0.6 is 0 Å². The summed E-state index contributed by atoms with van der Waals surface area (Å²) in [6.45, 7) is 3.61. The Balaban J connectivity index is 2.23. The van der Waals surface area contributed by atoms with E-state index in [9.17, 15) is 14.9 Å². The number of hydrogen-bond acceptors (Lipinski definition) is 5. The summed E-state index contributed by atoms with van der Waals surface area (Å²) in [5.74, 6) is -0.343. The van der Waals surface area contributed by atoms with Crippen molar-refractivity contribution in [3.8, 4) is 0 Å². The number of nitrogens with one attached hydrogen (secondary N) is 2. The summed E-state index contributed by atoms with van der Waals surface area (Å²) in [7, 11) is 0. The zero-order valence-corrected chi connectivity index (χ0v) is 11.2. The number of nitrogens with zero attached hydrogens (tertiary/aromatic N) is 3. The van der Waals surface area contributed by atoms with Gasteiger partial charge in [0.05, 0.1) is 12.7 Å². The van der Waals surface area contributed by atoms with E-state index >= 15 is 0 Å². The number of aromatic nitrogens is 2. The van der Waals surface area contributed by atoms with Gasteiger partial charge >= 0.3 is 5.82 Å². The molecular weight excluding hydrogens is 262 g/mol. The summed E-state index contributed by atoms with van der Waals surface area (Å²) >= 11 is 0. The number of hydrogen-bond donors (Lipinski definition) is 2. The summed E-state index contributed by atoms with van der Waals surface area (Å²) < 4.78 is 1.36. The molecule has 0 spiro atoms. The van der Waals surface area contributed by atoms with Crippen molar-refractivity contribution in [1.29, 1.82) is 0 Å². The number of fused-ring (bicyclic) bond motifs is 1. The molecule has 2 N–H and O–H groups in total. The average Bonchev–Trinajstić information content (AvgIpc) is 2.73. The van der Waals surface area contributed by atoms with Gasteiger partial charge in [-0.25, -0.2) is 0 Å². The molecule has 0 fully saturated rings. The van der Waals surface area contributed by atoms with Crippen molar-refractivity contribution in [3.05, 3.63) is 34.5 Å². The summed E-state index contributed by atoms with van der Waals surface area (Å²) in [6, 6.07) is 5.09. The number of rotatable bonds is 5. The first-order chi connectivity index (χ1) is 9.49. The van der Waals surface area contributed by atoms with E-state index in [4.69, 9.17) is 0 Å². The van der Waals surface area contributed by atoms with Crippen molar-refractivity contribution >= 4 is 23.2 Å². The summed E-state index contributed by atoms with van der Waals surface area (Å²) in [6.07, 6.45) is 1.56. The molecule has 2 aromatic rings. The maximum atomic E-state index is 11.5. The molecule has 8 nitrogen and oxygen atoms in total. The van der Waals surface area contributed by atoms with Gasteiger partial charge in [0.15, 0.2) is 0 Å². The van der Waals surface area contributed by atoms with Gasteiger partial charge in [-0.1, -0.05) is 6.07 Å². The molecule has 0 aromatic carbocycles. The largest absolute Gasteiger partial charge is 0.372 e. The number of pyridine rings is 1. The van der Waals surface area contributed by atoms with E-state index in [0.717, 1.165) is 0 Å². The molecule has 0 bridgehead atoms. The van der Waals surface area contributed by atoms with Crippen LogP contribution in [0.3, 0.4) is 0 Å². The number of nitro groups is 1. The number of carbonyl (C=O) groups is 1. The van der Waals surface area contributed by atoms with Crippen molar-refractivity contribution in [2.75, 3.05) is 11.9 Å². The second-order valence-electron chi connectivity index (χ2n) is 4.55. The van der Waals surface area contributed by atoms with Crippen molar-refractivity contribution in [3.63, 3.8) is 0 Å². The first-order valence-electron chi connectivity index (χ1n) is 6.13. The standard InChI is InChI=1S/C12H15N5O3/c1-8(2)14-10(18)7-13-11-12(17(19)20)16-6-4-3-5-9(16)15-11/h3-6,8,13H,7H2,1-2H3,(H,14,18). The van der Waals surface area contributed by atoms with Crippen molar-refractivity contribution in [2.24, 2.45) is 0 Å². The van der Waals surface area contributed by atoms with E-state index in [-0.39, 0.29) is 30.1 Å². The highest BCUT2D eigenvalue weighted by molar-refractivity contribution is 5.81. The molecule has 106 valence electrons. The van der Waals surface area contributed by atoms with Crippen LogP contribution in [-0.2, 0) is 4.79 Å². The number of anilines is 1. The molecule has 0 aliphatic carbocycles. The molecule has 0 radical (unpaired) electrons. The summed E-state index contributed by atoms with van der Waals surface area (Å²) in [5, 5.41) is 16.5. The third-order valence-electron chi connectivity index (χ3n) is 2.54. The van der Waals surface area contributed by atoms with Gasteiger partial charge in [0, 0.05) is 12.1 Å². The second kappa shape index (κ2) is 5.55. The van der Waals surface area contributed by atoms with Crippen LogP contribution in [0.15, 0.2) is 24.4 Å². The first-order valence-corrected chi connectivity index (χ1v) is 6.13. The fourth-order valence-electron chi connectivity index (χ4n) is 1.81. The van der Waals surface area contributed by atoms with E-state index in [2.05, 4.69) is 15.6 Å². The quantitative estimate of drug-likeness (QED) is 0.631. The van der Waals surface area contributed by atoms with Crippen LogP contribution < -0.4 is 10.6 Å². The van der Waals surface area contributed by atoms with E-state index in [1.165, 1.54) is 4.40 Å². The molecule has 8 heteroatoms. The average molecular weight is 277 g/mol. The van der Waals surface area contributed by atoms with Gasteiger partial charge in [0.2, 0.25) is 17.4 Å². The van der Waals surface area contributed by atoms with Crippen LogP contribution in [0.4, 0.5) is 11.6 Å². The van der Waals surface area contributed by atoms with Crippen molar-refractivity contribution in [2.45, 2.75) is 19.9 Å².